The molecule has 0 fully saturated rings. The van der Waals surface area contributed by atoms with Crippen molar-refractivity contribution in [3.8, 4) is 0 Å². The van der Waals surface area contributed by atoms with E-state index in [1.165, 1.54) is 0 Å². The number of hydrogen-bond donors (Lipinski definition) is 4. The molecule has 0 bridgehead atoms. The first kappa shape index (κ1) is 9.71. The van der Waals surface area contributed by atoms with Crippen molar-refractivity contribution in [2.24, 2.45) is 0 Å². The zero-order chi connectivity index (χ0) is 8.59. The molecule has 0 spiro atoms. The number of hydrogen-bond acceptors (Lipinski definition) is 4. The number of benzene rings is 1. The third kappa shape index (κ3) is 1.86. The zero-order valence-electron chi connectivity index (χ0n) is 5.87. The second-order valence-corrected chi connectivity index (χ2v) is 4.10. The maximum absolute atomic E-state index is 4.28. The Balaban J connectivity index is 3.46. The van der Waals surface area contributed by atoms with Crippen LogP contribution in [0.25, 0.3) is 0 Å². The van der Waals surface area contributed by atoms with Gasteiger partial charge in [0.05, 0.1) is 0 Å². The molecule has 0 saturated heterocycles. The maximum Gasteiger partial charge on any atom is 0.0311 e. The average Bonchev–Trinajstić information content (AvgIpc) is 1.97. The Morgan fingerprint density at radius 1 is 0.909 bits per heavy atom. The van der Waals surface area contributed by atoms with Gasteiger partial charge in [-0.2, -0.15) is 0 Å². The summed E-state index contributed by atoms with van der Waals surface area (Å²) >= 11 is 17.0. The zero-order valence-corrected chi connectivity index (χ0v) is 9.44. The van der Waals surface area contributed by atoms with E-state index in [4.69, 9.17) is 0 Å². The molecular weight excluding hydrogens is 212 g/mol. The van der Waals surface area contributed by atoms with E-state index in [1.54, 1.807) is 0 Å². The summed E-state index contributed by atoms with van der Waals surface area (Å²) in [5.74, 6) is 0. The smallest absolute Gasteiger partial charge is 0.0311 e. The molecule has 4 heteroatoms. The summed E-state index contributed by atoms with van der Waals surface area (Å²) in [5, 5.41) is 0. The van der Waals surface area contributed by atoms with Gasteiger partial charge in [0.15, 0.2) is 0 Å². The SMILES string of the molecule is Cc1c(S)cc(S)c(S)c1S. The molecule has 1 aromatic rings. The average molecular weight is 220 g/mol. The second kappa shape index (κ2) is 3.56. The molecule has 0 radical (unpaired) electrons. The monoisotopic (exact) mass is 220 g/mol. The summed E-state index contributed by atoms with van der Waals surface area (Å²) in [5.41, 5.74) is 1.04. The highest BCUT2D eigenvalue weighted by Crippen LogP contribution is 2.32. The largest absolute Gasteiger partial charge is 0.143 e. The van der Waals surface area contributed by atoms with Crippen molar-refractivity contribution in [1.82, 2.24) is 0 Å². The van der Waals surface area contributed by atoms with Crippen LogP contribution in [0.4, 0.5) is 0 Å². The quantitative estimate of drug-likeness (QED) is 0.474. The third-order valence-electron chi connectivity index (χ3n) is 1.48. The highest BCUT2D eigenvalue weighted by atomic mass is 32.1. The summed E-state index contributed by atoms with van der Waals surface area (Å²) in [7, 11) is 0. The van der Waals surface area contributed by atoms with Crippen molar-refractivity contribution in [2.75, 3.05) is 0 Å². The van der Waals surface area contributed by atoms with Crippen molar-refractivity contribution in [1.29, 1.82) is 0 Å². The molecule has 0 aliphatic carbocycles. The topological polar surface area (TPSA) is 0 Å². The maximum atomic E-state index is 4.28. The summed E-state index contributed by atoms with van der Waals surface area (Å²) in [6.45, 7) is 1.96. The van der Waals surface area contributed by atoms with Crippen LogP contribution in [0.5, 0.6) is 0 Å². The van der Waals surface area contributed by atoms with Crippen LogP contribution >= 0.6 is 50.5 Å². The molecule has 0 N–H and O–H groups in total. The van der Waals surface area contributed by atoms with Crippen molar-refractivity contribution in [2.45, 2.75) is 26.5 Å². The van der Waals surface area contributed by atoms with Crippen LogP contribution < -0.4 is 0 Å². The van der Waals surface area contributed by atoms with E-state index < -0.39 is 0 Å². The fourth-order valence-electron chi connectivity index (χ4n) is 0.726. The lowest BCUT2D eigenvalue weighted by molar-refractivity contribution is 1.03. The first-order valence-corrected chi connectivity index (χ1v) is 4.76. The molecule has 1 rings (SSSR count). The highest BCUT2D eigenvalue weighted by molar-refractivity contribution is 7.85. The van der Waals surface area contributed by atoms with Gasteiger partial charge in [-0.15, -0.1) is 50.5 Å². The number of thiol groups is 4. The Hall–Kier alpha value is 0.620. The molecule has 0 aliphatic rings. The molecule has 60 valence electrons. The van der Waals surface area contributed by atoms with E-state index in [0.717, 1.165) is 25.1 Å². The van der Waals surface area contributed by atoms with Crippen LogP contribution in [0.1, 0.15) is 5.56 Å². The predicted octanol–water partition coefficient (Wildman–Crippen LogP) is 3.15. The second-order valence-electron chi connectivity index (χ2n) is 2.24. The predicted molar refractivity (Wildman–Crippen MR) is 60.2 cm³/mol. The molecule has 0 nitrogen and oxygen atoms in total. The minimum atomic E-state index is 0.812. The lowest BCUT2D eigenvalue weighted by Gasteiger charge is -2.07. The van der Waals surface area contributed by atoms with Crippen LogP contribution in [0.15, 0.2) is 25.6 Å². The van der Waals surface area contributed by atoms with Crippen LogP contribution in [0.3, 0.4) is 0 Å². The molecular formula is C7H8S4. The van der Waals surface area contributed by atoms with Crippen molar-refractivity contribution >= 4 is 50.5 Å². The first-order chi connectivity index (χ1) is 5.04. The fourth-order valence-corrected chi connectivity index (χ4v) is 1.96. The van der Waals surface area contributed by atoms with Crippen LogP contribution in [-0.2, 0) is 0 Å². The van der Waals surface area contributed by atoms with Crippen molar-refractivity contribution in [3.63, 3.8) is 0 Å². The minimum absolute atomic E-state index is 0.812. The molecule has 0 unspecified atom stereocenters. The Morgan fingerprint density at radius 3 is 2.00 bits per heavy atom. The molecule has 0 saturated carbocycles. The van der Waals surface area contributed by atoms with Gasteiger partial charge < -0.3 is 0 Å². The van der Waals surface area contributed by atoms with Gasteiger partial charge in [-0.1, -0.05) is 0 Å². The lowest BCUT2D eigenvalue weighted by Crippen LogP contribution is -1.83. The molecule has 11 heavy (non-hydrogen) atoms. The Kier molecular flexibility index (Phi) is 3.14. The van der Waals surface area contributed by atoms with Gasteiger partial charge >= 0.3 is 0 Å². The van der Waals surface area contributed by atoms with Crippen LogP contribution in [0.2, 0.25) is 0 Å². The molecule has 0 amide bonds. The Bertz CT molecular complexity index is 267. The Labute approximate surface area is 88.4 Å². The summed E-state index contributed by atoms with van der Waals surface area (Å²) in [6.07, 6.45) is 0. The van der Waals surface area contributed by atoms with Crippen LogP contribution in [-0.4, -0.2) is 0 Å². The molecule has 0 heterocycles. The molecule has 0 aromatic heterocycles. The summed E-state index contributed by atoms with van der Waals surface area (Å²) < 4.78 is 0. The van der Waals surface area contributed by atoms with Gasteiger partial charge in [0.25, 0.3) is 0 Å². The molecule has 0 aliphatic heterocycles. The summed E-state index contributed by atoms with van der Waals surface area (Å²) in [4.78, 5) is 3.38. The van der Waals surface area contributed by atoms with E-state index in [-0.39, 0.29) is 0 Å². The molecule has 0 atom stereocenters. The van der Waals surface area contributed by atoms with Gasteiger partial charge in [-0.25, -0.2) is 0 Å². The van der Waals surface area contributed by atoms with Crippen molar-refractivity contribution < 1.29 is 0 Å². The third-order valence-corrected chi connectivity index (χ3v) is 3.67. The van der Waals surface area contributed by atoms with E-state index in [1.807, 2.05) is 13.0 Å². The van der Waals surface area contributed by atoms with Gasteiger partial charge in [-0.05, 0) is 18.6 Å². The Morgan fingerprint density at radius 2 is 1.45 bits per heavy atom. The van der Waals surface area contributed by atoms with E-state index in [9.17, 15) is 0 Å². The standard InChI is InChI=1S/C7H8S4/c1-3-4(8)2-5(9)7(11)6(3)10/h2,8-11H,1H3. The summed E-state index contributed by atoms with van der Waals surface area (Å²) in [6, 6.07) is 1.86. The fraction of sp³-hybridized carbons (Fsp3) is 0.143. The highest BCUT2D eigenvalue weighted by Gasteiger charge is 2.05. The van der Waals surface area contributed by atoms with Gasteiger partial charge in [-0.3, -0.25) is 0 Å². The normalized spacial score (nSPS) is 10.3. The van der Waals surface area contributed by atoms with Gasteiger partial charge in [0.2, 0.25) is 0 Å². The van der Waals surface area contributed by atoms with E-state index in [2.05, 4.69) is 50.5 Å². The van der Waals surface area contributed by atoms with E-state index >= 15 is 0 Å². The first-order valence-electron chi connectivity index (χ1n) is 2.97. The van der Waals surface area contributed by atoms with Gasteiger partial charge in [0, 0.05) is 19.6 Å². The van der Waals surface area contributed by atoms with E-state index in [0.29, 0.717) is 0 Å². The van der Waals surface area contributed by atoms with Crippen LogP contribution in [0, 0.1) is 6.92 Å². The lowest BCUT2D eigenvalue weighted by atomic mass is 10.2. The van der Waals surface area contributed by atoms with Gasteiger partial charge in [0.1, 0.15) is 0 Å². The minimum Gasteiger partial charge on any atom is -0.143 e. The van der Waals surface area contributed by atoms with Crippen molar-refractivity contribution in [3.05, 3.63) is 11.6 Å². The molecule has 1 aromatic carbocycles. The number of rotatable bonds is 0.